The van der Waals surface area contributed by atoms with E-state index in [1.54, 1.807) is 11.3 Å². The molecule has 4 nitrogen and oxygen atoms in total. The second-order valence-electron chi connectivity index (χ2n) is 5.40. The van der Waals surface area contributed by atoms with Gasteiger partial charge < -0.3 is 4.57 Å². The summed E-state index contributed by atoms with van der Waals surface area (Å²) in [7, 11) is 2.00. The van der Waals surface area contributed by atoms with Crippen LogP contribution in [0.1, 0.15) is 27.3 Å². The summed E-state index contributed by atoms with van der Waals surface area (Å²) in [5.74, 6) is -0.0897. The zero-order valence-corrected chi connectivity index (χ0v) is 12.5. The average Bonchev–Trinajstić information content (AvgIpc) is 3.14. The second kappa shape index (κ2) is 4.70. The fourth-order valence-electron chi connectivity index (χ4n) is 2.84. The van der Waals surface area contributed by atoms with Crippen molar-refractivity contribution >= 4 is 33.3 Å². The third-order valence-corrected chi connectivity index (χ3v) is 5.04. The highest BCUT2D eigenvalue weighted by Gasteiger charge is 2.18. The van der Waals surface area contributed by atoms with Crippen molar-refractivity contribution in [1.82, 2.24) is 9.55 Å². The molecule has 0 saturated heterocycles. The highest BCUT2D eigenvalue weighted by molar-refractivity contribution is 7.16. The minimum atomic E-state index is -0.0897. The second-order valence-corrected chi connectivity index (χ2v) is 6.48. The number of anilines is 1. The molecule has 4 rings (SSSR count). The summed E-state index contributed by atoms with van der Waals surface area (Å²) in [5, 5.41) is 4.72. The van der Waals surface area contributed by atoms with Crippen molar-refractivity contribution in [2.75, 3.05) is 5.32 Å². The predicted molar refractivity (Wildman–Crippen MR) is 85.0 cm³/mol. The highest BCUT2D eigenvalue weighted by atomic mass is 32.1. The van der Waals surface area contributed by atoms with E-state index in [-0.39, 0.29) is 5.91 Å². The minimum absolute atomic E-state index is 0.0897. The molecule has 0 fully saturated rings. The molecule has 1 aliphatic carbocycles. The number of nitrogens with zero attached hydrogens (tertiary/aromatic N) is 2. The minimum Gasteiger partial charge on any atom is -0.351 e. The first kappa shape index (κ1) is 12.6. The Morgan fingerprint density at radius 2 is 2.24 bits per heavy atom. The maximum Gasteiger partial charge on any atom is 0.257 e. The molecule has 0 bridgehead atoms. The van der Waals surface area contributed by atoms with Crippen molar-refractivity contribution in [2.24, 2.45) is 7.05 Å². The van der Waals surface area contributed by atoms with E-state index in [1.807, 2.05) is 42.1 Å². The Hall–Kier alpha value is -2.14. The summed E-state index contributed by atoms with van der Waals surface area (Å²) in [6, 6.07) is 7.78. The largest absolute Gasteiger partial charge is 0.351 e. The fraction of sp³-hybridized carbons (Fsp3) is 0.250. The summed E-state index contributed by atoms with van der Waals surface area (Å²) < 4.78 is 2.04. The first-order chi connectivity index (χ1) is 10.2. The Labute approximate surface area is 126 Å². The number of nitrogens with one attached hydrogen (secondary N) is 1. The average molecular weight is 297 g/mol. The maximum absolute atomic E-state index is 12.3. The van der Waals surface area contributed by atoms with Gasteiger partial charge in [0.1, 0.15) is 0 Å². The Bertz CT molecular complexity index is 825. The normalized spacial score (nSPS) is 13.6. The first-order valence-corrected chi connectivity index (χ1v) is 7.87. The summed E-state index contributed by atoms with van der Waals surface area (Å²) >= 11 is 1.61. The molecule has 2 aromatic heterocycles. The van der Waals surface area contributed by atoms with Crippen LogP contribution in [-0.2, 0) is 19.9 Å². The molecule has 0 radical (unpaired) electrons. The van der Waals surface area contributed by atoms with Gasteiger partial charge in [-0.15, -0.1) is 11.3 Å². The van der Waals surface area contributed by atoms with E-state index in [9.17, 15) is 4.79 Å². The molecule has 1 N–H and O–H groups in total. The molecule has 0 spiro atoms. The van der Waals surface area contributed by atoms with Crippen LogP contribution in [0.4, 0.5) is 5.13 Å². The highest BCUT2D eigenvalue weighted by Crippen LogP contribution is 2.30. The van der Waals surface area contributed by atoms with Crippen molar-refractivity contribution in [2.45, 2.75) is 19.3 Å². The monoisotopic (exact) mass is 297 g/mol. The Balaban J connectivity index is 1.60. The van der Waals surface area contributed by atoms with Crippen LogP contribution in [0, 0.1) is 0 Å². The number of aromatic nitrogens is 2. The van der Waals surface area contributed by atoms with E-state index in [1.165, 1.54) is 11.3 Å². The van der Waals surface area contributed by atoms with Crippen molar-refractivity contribution in [1.29, 1.82) is 0 Å². The smallest absolute Gasteiger partial charge is 0.257 e. The van der Waals surface area contributed by atoms with Crippen LogP contribution < -0.4 is 5.32 Å². The van der Waals surface area contributed by atoms with Gasteiger partial charge in [-0.05, 0) is 43.5 Å². The number of thiazole rings is 1. The maximum atomic E-state index is 12.3. The van der Waals surface area contributed by atoms with Crippen molar-refractivity contribution < 1.29 is 4.79 Å². The summed E-state index contributed by atoms with van der Waals surface area (Å²) in [5.41, 5.74) is 2.96. The first-order valence-electron chi connectivity index (χ1n) is 7.06. The molecule has 106 valence electrons. The lowest BCUT2D eigenvalue weighted by Crippen LogP contribution is -2.11. The van der Waals surface area contributed by atoms with Crippen LogP contribution in [0.15, 0.2) is 30.5 Å². The molecule has 3 aromatic rings. The molecular formula is C16H15N3OS. The lowest BCUT2D eigenvalue weighted by molar-refractivity contribution is 0.102. The number of hydrogen-bond donors (Lipinski definition) is 1. The Kier molecular flexibility index (Phi) is 2.82. The lowest BCUT2D eigenvalue weighted by Gasteiger charge is -2.03. The number of amides is 1. The molecule has 0 saturated carbocycles. The predicted octanol–water partition coefficient (Wildman–Crippen LogP) is 3.38. The van der Waals surface area contributed by atoms with Crippen molar-refractivity contribution in [3.05, 3.63) is 46.6 Å². The summed E-state index contributed by atoms with van der Waals surface area (Å²) in [4.78, 5) is 18.2. The van der Waals surface area contributed by atoms with Crippen molar-refractivity contribution in [3.63, 3.8) is 0 Å². The fourth-order valence-corrected chi connectivity index (χ4v) is 3.88. The summed E-state index contributed by atoms with van der Waals surface area (Å²) in [6.07, 6.45) is 5.32. The van der Waals surface area contributed by atoms with E-state index in [0.29, 0.717) is 5.56 Å². The number of carbonyl (C=O) groups excluding carboxylic acids is 1. The van der Waals surface area contributed by atoms with Gasteiger partial charge in [-0.2, -0.15) is 0 Å². The molecule has 2 heterocycles. The lowest BCUT2D eigenvalue weighted by atomic mass is 10.1. The quantitative estimate of drug-likeness (QED) is 0.788. The molecule has 21 heavy (non-hydrogen) atoms. The van der Waals surface area contributed by atoms with Gasteiger partial charge in [0.2, 0.25) is 0 Å². The van der Waals surface area contributed by atoms with Gasteiger partial charge in [0, 0.05) is 34.6 Å². The molecule has 1 aliphatic rings. The van der Waals surface area contributed by atoms with Gasteiger partial charge >= 0.3 is 0 Å². The molecule has 1 amide bonds. The van der Waals surface area contributed by atoms with E-state index in [0.717, 1.165) is 34.6 Å². The van der Waals surface area contributed by atoms with E-state index >= 15 is 0 Å². The number of aryl methyl sites for hydroxylation is 3. The Morgan fingerprint density at radius 3 is 3.10 bits per heavy atom. The van der Waals surface area contributed by atoms with Crippen LogP contribution in [0.5, 0.6) is 0 Å². The molecule has 1 aromatic carbocycles. The zero-order chi connectivity index (χ0) is 14.4. The molecular weight excluding hydrogens is 282 g/mol. The van der Waals surface area contributed by atoms with E-state index < -0.39 is 0 Å². The van der Waals surface area contributed by atoms with Crippen LogP contribution in [-0.4, -0.2) is 15.5 Å². The van der Waals surface area contributed by atoms with Gasteiger partial charge in [-0.1, -0.05) is 0 Å². The molecule has 0 atom stereocenters. The van der Waals surface area contributed by atoms with Crippen LogP contribution in [0.3, 0.4) is 0 Å². The number of benzene rings is 1. The van der Waals surface area contributed by atoms with Gasteiger partial charge in [0.05, 0.1) is 5.69 Å². The Morgan fingerprint density at radius 1 is 1.33 bits per heavy atom. The van der Waals surface area contributed by atoms with Crippen LogP contribution >= 0.6 is 11.3 Å². The van der Waals surface area contributed by atoms with Gasteiger partial charge in [0.25, 0.3) is 5.91 Å². The molecule has 5 heteroatoms. The third-order valence-electron chi connectivity index (χ3n) is 3.96. The number of hydrogen-bond acceptors (Lipinski definition) is 3. The van der Waals surface area contributed by atoms with Gasteiger partial charge in [-0.3, -0.25) is 10.1 Å². The topological polar surface area (TPSA) is 46.9 Å². The standard InChI is InChI=1S/C16H15N3OS/c1-19-8-7-10-9-11(5-6-13(10)19)15(20)18-16-17-12-3-2-4-14(12)21-16/h5-9H,2-4H2,1H3,(H,17,18,20). The molecule has 0 aliphatic heterocycles. The van der Waals surface area contributed by atoms with Gasteiger partial charge in [0.15, 0.2) is 5.13 Å². The number of carbonyl (C=O) groups is 1. The van der Waals surface area contributed by atoms with Gasteiger partial charge in [-0.25, -0.2) is 4.98 Å². The van der Waals surface area contributed by atoms with E-state index in [4.69, 9.17) is 0 Å². The SMILES string of the molecule is Cn1ccc2cc(C(=O)Nc3nc4c(s3)CCC4)ccc21. The van der Waals surface area contributed by atoms with Crippen LogP contribution in [0.25, 0.3) is 10.9 Å². The third kappa shape index (κ3) is 2.14. The zero-order valence-electron chi connectivity index (χ0n) is 11.7. The van der Waals surface area contributed by atoms with Crippen molar-refractivity contribution in [3.8, 4) is 0 Å². The summed E-state index contributed by atoms with van der Waals surface area (Å²) in [6.45, 7) is 0. The molecule has 0 unspecified atom stereocenters. The number of fused-ring (bicyclic) bond motifs is 2. The van der Waals surface area contributed by atoms with E-state index in [2.05, 4.69) is 10.3 Å². The van der Waals surface area contributed by atoms with Crippen LogP contribution in [0.2, 0.25) is 0 Å². The number of rotatable bonds is 2.